The van der Waals surface area contributed by atoms with Gasteiger partial charge in [0.25, 0.3) is 0 Å². The average Bonchev–Trinajstić information content (AvgIpc) is 2.53. The summed E-state index contributed by atoms with van der Waals surface area (Å²) in [6.45, 7) is 0.351. The molecule has 5 nitrogen and oxygen atoms in total. The zero-order valence-corrected chi connectivity index (χ0v) is 14.5. The minimum atomic E-state index is -0.524. The summed E-state index contributed by atoms with van der Waals surface area (Å²) in [5.74, 6) is 1.03. The van der Waals surface area contributed by atoms with Gasteiger partial charge in [-0.2, -0.15) is 0 Å². The first-order valence-electron chi connectivity index (χ1n) is 6.56. The van der Waals surface area contributed by atoms with E-state index in [1.54, 1.807) is 24.3 Å². The molecular weight excluding hydrogens is 386 g/mol. The fraction of sp³-hybridized carbons (Fsp3) is 0.125. The highest BCUT2D eigenvalue weighted by molar-refractivity contribution is 9.10. The van der Waals surface area contributed by atoms with Crippen molar-refractivity contribution in [3.05, 3.63) is 73.3 Å². The van der Waals surface area contributed by atoms with E-state index >= 15 is 0 Å². The summed E-state index contributed by atoms with van der Waals surface area (Å²) >= 11 is 9.21. The highest BCUT2D eigenvalue weighted by Gasteiger charge is 2.10. The Kier molecular flexibility index (Phi) is 6.01. The van der Waals surface area contributed by atoms with Crippen molar-refractivity contribution in [3.63, 3.8) is 0 Å². The molecule has 7 heteroatoms. The number of hydrogen-bond acceptors (Lipinski definition) is 4. The molecule has 0 atom stereocenters. The molecule has 2 aromatic carbocycles. The maximum absolute atomic E-state index is 10.4. The van der Waals surface area contributed by atoms with Gasteiger partial charge in [-0.15, -0.1) is 0 Å². The Bertz CT molecular complexity index is 732. The van der Waals surface area contributed by atoms with Crippen LogP contribution in [0, 0.1) is 10.1 Å². The molecule has 0 fully saturated rings. The SMILES string of the molecule is COc1cc(C=C[N+](=O)[O-])c(Br)cc1OCc1ccc(Cl)cc1. The van der Waals surface area contributed by atoms with Crippen LogP contribution in [-0.4, -0.2) is 12.0 Å². The second-order valence-electron chi connectivity index (χ2n) is 4.54. The largest absolute Gasteiger partial charge is 0.493 e. The maximum Gasteiger partial charge on any atom is 0.235 e. The summed E-state index contributed by atoms with van der Waals surface area (Å²) in [5, 5.41) is 11.1. The fourth-order valence-electron chi connectivity index (χ4n) is 1.83. The first kappa shape index (κ1) is 17.3. The van der Waals surface area contributed by atoms with Gasteiger partial charge in [-0.25, -0.2) is 0 Å². The molecule has 0 radical (unpaired) electrons. The van der Waals surface area contributed by atoms with E-state index in [1.165, 1.54) is 13.2 Å². The van der Waals surface area contributed by atoms with Crippen molar-refractivity contribution in [2.75, 3.05) is 7.11 Å². The van der Waals surface area contributed by atoms with Gasteiger partial charge < -0.3 is 9.47 Å². The van der Waals surface area contributed by atoms with Crippen LogP contribution in [0.3, 0.4) is 0 Å². The van der Waals surface area contributed by atoms with Gasteiger partial charge >= 0.3 is 0 Å². The summed E-state index contributed by atoms with van der Waals surface area (Å²) in [4.78, 5) is 9.90. The molecule has 2 rings (SSSR count). The van der Waals surface area contributed by atoms with Crippen molar-refractivity contribution in [2.45, 2.75) is 6.61 Å². The number of methoxy groups -OCH3 is 1. The zero-order chi connectivity index (χ0) is 16.8. The second-order valence-corrected chi connectivity index (χ2v) is 5.83. The molecule has 0 aromatic heterocycles. The van der Waals surface area contributed by atoms with E-state index in [-0.39, 0.29) is 0 Å². The van der Waals surface area contributed by atoms with E-state index in [0.29, 0.717) is 33.2 Å². The van der Waals surface area contributed by atoms with Gasteiger partial charge in [-0.05, 0) is 35.4 Å². The van der Waals surface area contributed by atoms with Gasteiger partial charge in [0.05, 0.1) is 12.0 Å². The van der Waals surface area contributed by atoms with Crippen LogP contribution in [0.5, 0.6) is 11.5 Å². The third-order valence-electron chi connectivity index (χ3n) is 2.97. The van der Waals surface area contributed by atoms with Gasteiger partial charge in [0.2, 0.25) is 6.20 Å². The Morgan fingerprint density at radius 1 is 1.26 bits per heavy atom. The third kappa shape index (κ3) is 4.97. The molecule has 0 saturated heterocycles. The van der Waals surface area contributed by atoms with Crippen LogP contribution in [-0.2, 0) is 6.61 Å². The van der Waals surface area contributed by atoms with Gasteiger partial charge in [-0.1, -0.05) is 39.7 Å². The quantitative estimate of drug-likeness (QED) is 0.511. The summed E-state index contributed by atoms with van der Waals surface area (Å²) in [7, 11) is 1.51. The van der Waals surface area contributed by atoms with Crippen molar-refractivity contribution < 1.29 is 14.4 Å². The Labute approximate surface area is 146 Å². The van der Waals surface area contributed by atoms with Gasteiger partial charge in [0.1, 0.15) is 6.61 Å². The van der Waals surface area contributed by atoms with E-state index in [9.17, 15) is 10.1 Å². The number of benzene rings is 2. The Hall–Kier alpha value is -2.05. The Balaban J connectivity index is 2.19. The number of hydrogen-bond donors (Lipinski definition) is 0. The number of halogens is 2. The fourth-order valence-corrected chi connectivity index (χ4v) is 2.41. The average molecular weight is 399 g/mol. The van der Waals surface area contributed by atoms with Crippen LogP contribution < -0.4 is 9.47 Å². The van der Waals surface area contributed by atoms with E-state index in [0.717, 1.165) is 11.8 Å². The first-order valence-corrected chi connectivity index (χ1v) is 7.73. The third-order valence-corrected chi connectivity index (χ3v) is 3.91. The van der Waals surface area contributed by atoms with E-state index in [4.69, 9.17) is 21.1 Å². The lowest BCUT2D eigenvalue weighted by Crippen LogP contribution is -1.98. The molecular formula is C16H13BrClNO4. The minimum absolute atomic E-state index is 0.351. The molecule has 2 aromatic rings. The predicted octanol–water partition coefficient (Wildman–Crippen LogP) is 4.94. The van der Waals surface area contributed by atoms with Crippen LogP contribution >= 0.6 is 27.5 Å². The lowest BCUT2D eigenvalue weighted by atomic mass is 10.2. The molecule has 0 unspecified atom stereocenters. The molecule has 0 aliphatic heterocycles. The second kappa shape index (κ2) is 7.99. The van der Waals surface area contributed by atoms with Crippen molar-refractivity contribution in [1.82, 2.24) is 0 Å². The first-order chi connectivity index (χ1) is 11.0. The van der Waals surface area contributed by atoms with Gasteiger partial charge in [0, 0.05) is 15.6 Å². The zero-order valence-electron chi connectivity index (χ0n) is 12.2. The standard InChI is InChI=1S/C16H13BrClNO4/c1-22-15-8-12(6-7-19(20)21)14(17)9-16(15)23-10-11-2-4-13(18)5-3-11/h2-9H,10H2,1H3. The van der Waals surface area contributed by atoms with Crippen LogP contribution in [0.4, 0.5) is 0 Å². The highest BCUT2D eigenvalue weighted by Crippen LogP contribution is 2.34. The summed E-state index contributed by atoms with van der Waals surface area (Å²) < 4.78 is 11.7. The normalized spacial score (nSPS) is 10.7. The van der Waals surface area contributed by atoms with Crippen molar-refractivity contribution in [1.29, 1.82) is 0 Å². The number of rotatable bonds is 6. The summed E-state index contributed by atoms with van der Waals surface area (Å²) in [5.41, 5.74) is 1.59. The lowest BCUT2D eigenvalue weighted by Gasteiger charge is -2.12. The van der Waals surface area contributed by atoms with E-state index in [1.807, 2.05) is 12.1 Å². The molecule has 0 amide bonds. The number of nitro groups is 1. The Morgan fingerprint density at radius 2 is 1.96 bits per heavy atom. The lowest BCUT2D eigenvalue weighted by molar-refractivity contribution is -0.400. The molecule has 120 valence electrons. The van der Waals surface area contributed by atoms with Crippen molar-refractivity contribution in [2.24, 2.45) is 0 Å². The molecule has 0 saturated carbocycles. The van der Waals surface area contributed by atoms with Crippen molar-refractivity contribution >= 4 is 33.6 Å². The predicted molar refractivity (Wildman–Crippen MR) is 92.5 cm³/mol. The topological polar surface area (TPSA) is 61.6 Å². The number of ether oxygens (including phenoxy) is 2. The minimum Gasteiger partial charge on any atom is -0.493 e. The van der Waals surface area contributed by atoms with Gasteiger partial charge in [0.15, 0.2) is 11.5 Å². The van der Waals surface area contributed by atoms with Crippen LogP contribution in [0.2, 0.25) is 5.02 Å². The van der Waals surface area contributed by atoms with Crippen LogP contribution in [0.1, 0.15) is 11.1 Å². The number of nitrogens with zero attached hydrogens (tertiary/aromatic N) is 1. The van der Waals surface area contributed by atoms with E-state index in [2.05, 4.69) is 15.9 Å². The van der Waals surface area contributed by atoms with Crippen LogP contribution in [0.25, 0.3) is 6.08 Å². The van der Waals surface area contributed by atoms with Crippen molar-refractivity contribution in [3.8, 4) is 11.5 Å². The van der Waals surface area contributed by atoms with Crippen LogP contribution in [0.15, 0.2) is 47.1 Å². The molecule has 0 aliphatic rings. The highest BCUT2D eigenvalue weighted by atomic mass is 79.9. The van der Waals surface area contributed by atoms with Gasteiger partial charge in [-0.3, -0.25) is 10.1 Å². The smallest absolute Gasteiger partial charge is 0.235 e. The molecule has 0 bridgehead atoms. The summed E-state index contributed by atoms with van der Waals surface area (Å²) in [6, 6.07) is 10.7. The molecule has 0 N–H and O–H groups in total. The Morgan fingerprint density at radius 3 is 2.57 bits per heavy atom. The molecule has 0 heterocycles. The maximum atomic E-state index is 10.4. The molecule has 0 aliphatic carbocycles. The van der Waals surface area contributed by atoms with E-state index < -0.39 is 4.92 Å². The molecule has 23 heavy (non-hydrogen) atoms. The monoisotopic (exact) mass is 397 g/mol. The molecule has 0 spiro atoms. The summed E-state index contributed by atoms with van der Waals surface area (Å²) in [6.07, 6.45) is 2.25.